The Morgan fingerprint density at radius 2 is 2.10 bits per heavy atom. The first-order chi connectivity index (χ1) is 9.47. The van der Waals surface area contributed by atoms with Gasteiger partial charge in [-0.1, -0.05) is 0 Å². The quantitative estimate of drug-likeness (QED) is 0.517. The van der Waals surface area contributed by atoms with Crippen LogP contribution in [0.5, 0.6) is 0 Å². The minimum Gasteiger partial charge on any atom is -0.320 e. The van der Waals surface area contributed by atoms with E-state index in [0.29, 0.717) is 0 Å². The van der Waals surface area contributed by atoms with Crippen LogP contribution in [0.3, 0.4) is 0 Å². The molecule has 0 aliphatic carbocycles. The fourth-order valence-corrected chi connectivity index (χ4v) is 1.74. The van der Waals surface area contributed by atoms with E-state index in [9.17, 15) is 19.3 Å². The zero-order valence-electron chi connectivity index (χ0n) is 9.91. The van der Waals surface area contributed by atoms with E-state index < -0.39 is 16.6 Å². The Morgan fingerprint density at radius 1 is 1.35 bits per heavy atom. The molecule has 8 heteroatoms. The second kappa shape index (κ2) is 5.66. The van der Waals surface area contributed by atoms with Crippen LogP contribution in [0.15, 0.2) is 41.6 Å². The number of nitro benzene ring substituents is 1. The van der Waals surface area contributed by atoms with Crippen molar-refractivity contribution in [1.29, 1.82) is 0 Å². The van der Waals surface area contributed by atoms with Crippen LogP contribution in [0.4, 0.5) is 15.8 Å². The maximum Gasteiger partial charge on any atom is 0.270 e. The van der Waals surface area contributed by atoms with Crippen molar-refractivity contribution in [3.05, 3.63) is 58.2 Å². The number of nitro groups is 1. The number of carbonyl (C=O) groups excluding carboxylic acids is 1. The molecule has 0 spiro atoms. The molecule has 1 amide bonds. The molecule has 1 heterocycles. The summed E-state index contributed by atoms with van der Waals surface area (Å²) in [6.45, 7) is 0. The van der Waals surface area contributed by atoms with Gasteiger partial charge < -0.3 is 5.32 Å². The SMILES string of the molecule is O=C(Nc1cncc(F)c1)c1cc([N+](=O)[O-])ccc1S. The Bertz CT molecular complexity index is 693. The predicted molar refractivity (Wildman–Crippen MR) is 72.5 cm³/mol. The van der Waals surface area contributed by atoms with Crippen LogP contribution in [-0.2, 0) is 0 Å². The number of benzene rings is 1. The maximum absolute atomic E-state index is 13.0. The standard InChI is InChI=1S/C12H8FN3O3S/c13-7-3-8(6-14-5-7)15-12(17)10-4-9(16(18)19)1-2-11(10)20/h1-6,20H,(H,15,17). The van der Waals surface area contributed by atoms with Crippen LogP contribution in [-0.4, -0.2) is 15.8 Å². The lowest BCUT2D eigenvalue weighted by Crippen LogP contribution is -2.13. The van der Waals surface area contributed by atoms with E-state index in [1.165, 1.54) is 18.3 Å². The molecule has 0 unspecified atom stereocenters. The average molecular weight is 293 g/mol. The van der Waals surface area contributed by atoms with E-state index in [0.717, 1.165) is 18.3 Å². The first-order valence-corrected chi connectivity index (χ1v) is 5.81. The van der Waals surface area contributed by atoms with Gasteiger partial charge in [0, 0.05) is 23.1 Å². The number of non-ortho nitro benzene ring substituents is 1. The summed E-state index contributed by atoms with van der Waals surface area (Å²) in [5.74, 6) is -1.24. The zero-order chi connectivity index (χ0) is 14.7. The zero-order valence-corrected chi connectivity index (χ0v) is 10.8. The molecule has 0 radical (unpaired) electrons. The Kier molecular flexibility index (Phi) is 3.94. The van der Waals surface area contributed by atoms with Crippen molar-refractivity contribution in [2.24, 2.45) is 0 Å². The average Bonchev–Trinajstić information content (AvgIpc) is 2.38. The third-order valence-corrected chi connectivity index (χ3v) is 2.79. The third-order valence-electron chi connectivity index (χ3n) is 2.40. The summed E-state index contributed by atoms with van der Waals surface area (Å²) in [7, 11) is 0. The number of hydrogen-bond donors (Lipinski definition) is 2. The second-order valence-corrected chi connectivity index (χ2v) is 4.29. The van der Waals surface area contributed by atoms with Crippen molar-refractivity contribution in [2.45, 2.75) is 4.90 Å². The van der Waals surface area contributed by atoms with E-state index in [-0.39, 0.29) is 21.8 Å². The molecule has 0 saturated carbocycles. The van der Waals surface area contributed by atoms with Crippen LogP contribution in [0, 0.1) is 15.9 Å². The lowest BCUT2D eigenvalue weighted by atomic mass is 10.2. The first-order valence-electron chi connectivity index (χ1n) is 5.36. The monoisotopic (exact) mass is 293 g/mol. The molecule has 20 heavy (non-hydrogen) atoms. The number of nitrogens with zero attached hydrogens (tertiary/aromatic N) is 2. The Hall–Kier alpha value is -2.48. The van der Waals surface area contributed by atoms with Gasteiger partial charge in [-0.3, -0.25) is 19.9 Å². The number of nitrogens with one attached hydrogen (secondary N) is 1. The van der Waals surface area contributed by atoms with Crippen LogP contribution in [0.2, 0.25) is 0 Å². The van der Waals surface area contributed by atoms with Gasteiger partial charge in [0.15, 0.2) is 0 Å². The highest BCUT2D eigenvalue weighted by atomic mass is 32.1. The fraction of sp³-hybridized carbons (Fsp3) is 0. The van der Waals surface area contributed by atoms with Gasteiger partial charge in [0.05, 0.1) is 28.6 Å². The molecule has 2 rings (SSSR count). The number of aromatic nitrogens is 1. The highest BCUT2D eigenvalue weighted by molar-refractivity contribution is 7.80. The molecule has 0 fully saturated rings. The molecule has 0 aliphatic rings. The maximum atomic E-state index is 13.0. The van der Waals surface area contributed by atoms with E-state index in [1.807, 2.05) is 0 Å². The molecule has 1 aromatic heterocycles. The molecule has 0 saturated heterocycles. The van der Waals surface area contributed by atoms with Gasteiger partial charge in [-0.15, -0.1) is 12.6 Å². The minimum atomic E-state index is -0.633. The lowest BCUT2D eigenvalue weighted by Gasteiger charge is -2.06. The molecule has 0 aliphatic heterocycles. The lowest BCUT2D eigenvalue weighted by molar-refractivity contribution is -0.384. The Morgan fingerprint density at radius 3 is 2.75 bits per heavy atom. The van der Waals surface area contributed by atoms with Gasteiger partial charge in [-0.2, -0.15) is 0 Å². The molecule has 0 bridgehead atoms. The summed E-state index contributed by atoms with van der Waals surface area (Å²) in [4.78, 5) is 25.9. The summed E-state index contributed by atoms with van der Waals surface area (Å²) in [5.41, 5.74) is -0.0636. The van der Waals surface area contributed by atoms with Crippen molar-refractivity contribution in [1.82, 2.24) is 4.98 Å². The van der Waals surface area contributed by atoms with Gasteiger partial charge in [0.25, 0.3) is 11.6 Å². The number of amides is 1. The summed E-state index contributed by atoms with van der Waals surface area (Å²) >= 11 is 4.07. The van der Waals surface area contributed by atoms with Crippen molar-refractivity contribution < 1.29 is 14.1 Å². The van der Waals surface area contributed by atoms with Gasteiger partial charge in [0.1, 0.15) is 5.82 Å². The summed E-state index contributed by atoms with van der Waals surface area (Å²) < 4.78 is 13.0. The summed E-state index contributed by atoms with van der Waals surface area (Å²) in [5, 5.41) is 13.1. The van der Waals surface area contributed by atoms with Gasteiger partial charge in [0.2, 0.25) is 0 Å². The first kappa shape index (κ1) is 13.9. The fourth-order valence-electron chi connectivity index (χ4n) is 1.50. The molecule has 102 valence electrons. The number of pyridine rings is 1. The van der Waals surface area contributed by atoms with E-state index in [4.69, 9.17) is 0 Å². The molecule has 2 aromatic rings. The van der Waals surface area contributed by atoms with Crippen molar-refractivity contribution >= 4 is 29.9 Å². The smallest absolute Gasteiger partial charge is 0.270 e. The second-order valence-electron chi connectivity index (χ2n) is 3.80. The van der Waals surface area contributed by atoms with Gasteiger partial charge in [-0.25, -0.2) is 4.39 Å². The van der Waals surface area contributed by atoms with Crippen LogP contribution < -0.4 is 5.32 Å². The normalized spacial score (nSPS) is 10.1. The topological polar surface area (TPSA) is 85.1 Å². The van der Waals surface area contributed by atoms with Crippen LogP contribution in [0.1, 0.15) is 10.4 Å². The largest absolute Gasteiger partial charge is 0.320 e. The number of anilines is 1. The third kappa shape index (κ3) is 3.09. The highest BCUT2D eigenvalue weighted by Gasteiger charge is 2.15. The van der Waals surface area contributed by atoms with Gasteiger partial charge in [-0.05, 0) is 6.07 Å². The predicted octanol–water partition coefficient (Wildman–Crippen LogP) is 2.67. The molecule has 1 aromatic carbocycles. The molecular formula is C12H8FN3O3S. The van der Waals surface area contributed by atoms with E-state index >= 15 is 0 Å². The van der Waals surface area contributed by atoms with Crippen molar-refractivity contribution in [3.8, 4) is 0 Å². The Balaban J connectivity index is 2.29. The van der Waals surface area contributed by atoms with E-state index in [1.54, 1.807) is 0 Å². The number of hydrogen-bond acceptors (Lipinski definition) is 5. The van der Waals surface area contributed by atoms with E-state index in [2.05, 4.69) is 22.9 Å². The molecule has 1 N–H and O–H groups in total. The van der Waals surface area contributed by atoms with Crippen molar-refractivity contribution in [2.75, 3.05) is 5.32 Å². The van der Waals surface area contributed by atoms with Crippen molar-refractivity contribution in [3.63, 3.8) is 0 Å². The number of thiol groups is 1. The summed E-state index contributed by atoms with van der Waals surface area (Å²) in [6, 6.07) is 4.77. The van der Waals surface area contributed by atoms with Crippen LogP contribution in [0.25, 0.3) is 0 Å². The number of halogens is 1. The molecular weight excluding hydrogens is 285 g/mol. The molecule has 0 atom stereocenters. The highest BCUT2D eigenvalue weighted by Crippen LogP contribution is 2.21. The van der Waals surface area contributed by atoms with Crippen LogP contribution >= 0.6 is 12.6 Å². The summed E-state index contributed by atoms with van der Waals surface area (Å²) in [6.07, 6.45) is 2.25. The minimum absolute atomic E-state index is 0.0202. The number of carbonyl (C=O) groups is 1. The van der Waals surface area contributed by atoms with Gasteiger partial charge >= 0.3 is 0 Å². The molecule has 6 nitrogen and oxygen atoms in total. The Labute approximate surface area is 118 Å². The number of rotatable bonds is 3.